The summed E-state index contributed by atoms with van der Waals surface area (Å²) in [5.41, 5.74) is 0. The molecule has 162 valence electrons. The number of nitrogens with one attached hydrogen (secondary N) is 1. The molecule has 1 aromatic rings. The molecule has 29 heavy (non-hydrogen) atoms. The lowest BCUT2D eigenvalue weighted by Crippen LogP contribution is -2.47. The zero-order valence-corrected chi connectivity index (χ0v) is 18.8. The van der Waals surface area contributed by atoms with Gasteiger partial charge in [0.2, 0.25) is 10.0 Å². The van der Waals surface area contributed by atoms with Crippen molar-refractivity contribution in [3.63, 3.8) is 0 Å². The Balaban J connectivity index is 1.50. The fourth-order valence-corrected chi connectivity index (χ4v) is 5.98. The summed E-state index contributed by atoms with van der Waals surface area (Å²) in [5.74, 6) is 3.54. The van der Waals surface area contributed by atoms with Crippen LogP contribution in [0.5, 0.6) is 5.75 Å². The molecule has 0 saturated carbocycles. The van der Waals surface area contributed by atoms with Crippen LogP contribution in [0.3, 0.4) is 0 Å². The molecular weight excluding hydrogens is 408 g/mol. The number of hydrogen-bond donors (Lipinski definition) is 1. The average Bonchev–Trinajstić information content (AvgIpc) is 2.75. The largest absolute Gasteiger partial charge is 0.490 e. The highest BCUT2D eigenvalue weighted by Gasteiger charge is 2.25. The molecule has 0 bridgehead atoms. The van der Waals surface area contributed by atoms with Crippen molar-refractivity contribution in [1.29, 1.82) is 0 Å². The lowest BCUT2D eigenvalue weighted by atomic mass is 10.1. The van der Waals surface area contributed by atoms with Gasteiger partial charge >= 0.3 is 0 Å². The van der Waals surface area contributed by atoms with Crippen LogP contribution >= 0.6 is 11.8 Å². The molecule has 2 aliphatic rings. The van der Waals surface area contributed by atoms with E-state index in [2.05, 4.69) is 15.2 Å². The van der Waals surface area contributed by atoms with Gasteiger partial charge in [0.25, 0.3) is 0 Å². The van der Waals surface area contributed by atoms with Crippen LogP contribution in [-0.2, 0) is 10.0 Å². The fourth-order valence-electron chi connectivity index (χ4n) is 3.52. The number of ether oxygens (including phenoxy) is 1. The monoisotopic (exact) mass is 440 g/mol. The van der Waals surface area contributed by atoms with Gasteiger partial charge in [0, 0.05) is 57.1 Å². The third kappa shape index (κ3) is 6.79. The summed E-state index contributed by atoms with van der Waals surface area (Å²) >= 11 is 1.81. The third-order valence-electron chi connectivity index (χ3n) is 5.10. The van der Waals surface area contributed by atoms with Crippen LogP contribution in [0.25, 0.3) is 0 Å². The molecule has 0 radical (unpaired) electrons. The second-order valence-electron chi connectivity index (χ2n) is 7.18. The summed E-state index contributed by atoms with van der Waals surface area (Å²) in [5, 5.41) is 3.31. The minimum absolute atomic E-state index is 0.0696. The molecule has 2 saturated heterocycles. The van der Waals surface area contributed by atoms with Crippen LogP contribution in [0.2, 0.25) is 0 Å². The number of sulfonamides is 1. The van der Waals surface area contributed by atoms with E-state index in [1.165, 1.54) is 0 Å². The van der Waals surface area contributed by atoms with E-state index in [9.17, 15) is 8.42 Å². The number of nitrogens with zero attached hydrogens (tertiary/aromatic N) is 3. The maximum Gasteiger partial charge on any atom is 0.215 e. The van der Waals surface area contributed by atoms with Crippen molar-refractivity contribution in [2.24, 2.45) is 4.99 Å². The SMILES string of the molecule is CCNC(=NCCS(=O)(=O)N1CCSCC1)N1CCC(Oc2ccccc2)CC1. The fraction of sp³-hybridized carbons (Fsp3) is 0.650. The number of thioether (sulfide) groups is 1. The molecule has 0 unspecified atom stereocenters. The minimum Gasteiger partial charge on any atom is -0.490 e. The van der Waals surface area contributed by atoms with Gasteiger partial charge in [-0.25, -0.2) is 12.7 Å². The summed E-state index contributed by atoms with van der Waals surface area (Å²) in [4.78, 5) is 6.81. The first-order valence-corrected chi connectivity index (χ1v) is 13.2. The van der Waals surface area contributed by atoms with Gasteiger partial charge in [-0.1, -0.05) is 18.2 Å². The van der Waals surface area contributed by atoms with E-state index in [0.717, 1.165) is 55.7 Å². The molecule has 2 aliphatic heterocycles. The normalized spacial score (nSPS) is 19.9. The maximum atomic E-state index is 12.5. The van der Waals surface area contributed by atoms with Crippen LogP contribution in [0.1, 0.15) is 19.8 Å². The van der Waals surface area contributed by atoms with Gasteiger partial charge in [-0.15, -0.1) is 0 Å². The summed E-state index contributed by atoms with van der Waals surface area (Å²) in [6.07, 6.45) is 2.04. The van der Waals surface area contributed by atoms with Crippen molar-refractivity contribution in [3.05, 3.63) is 30.3 Å². The zero-order valence-electron chi connectivity index (χ0n) is 17.1. The van der Waals surface area contributed by atoms with E-state index in [1.54, 1.807) is 4.31 Å². The Morgan fingerprint density at radius 3 is 2.52 bits per heavy atom. The second kappa shape index (κ2) is 11.1. The Kier molecular flexibility index (Phi) is 8.50. The summed E-state index contributed by atoms with van der Waals surface area (Å²) < 4.78 is 32.7. The lowest BCUT2D eigenvalue weighted by molar-refractivity contribution is 0.129. The van der Waals surface area contributed by atoms with Crippen LogP contribution in [0, 0.1) is 0 Å². The van der Waals surface area contributed by atoms with Gasteiger partial charge in [0.1, 0.15) is 11.9 Å². The Hall–Kier alpha value is -1.45. The molecular formula is C20H32N4O3S2. The Bertz CT molecular complexity index is 744. The van der Waals surface area contributed by atoms with Crippen molar-refractivity contribution in [2.75, 3.05) is 56.5 Å². The summed E-state index contributed by atoms with van der Waals surface area (Å²) in [6, 6.07) is 9.92. The zero-order chi connectivity index (χ0) is 20.5. The Morgan fingerprint density at radius 2 is 1.86 bits per heavy atom. The maximum absolute atomic E-state index is 12.5. The van der Waals surface area contributed by atoms with E-state index in [1.807, 2.05) is 49.0 Å². The molecule has 0 atom stereocenters. The minimum atomic E-state index is -3.22. The molecule has 0 aromatic heterocycles. The predicted molar refractivity (Wildman–Crippen MR) is 120 cm³/mol. The van der Waals surface area contributed by atoms with E-state index >= 15 is 0 Å². The average molecular weight is 441 g/mol. The topological polar surface area (TPSA) is 74.2 Å². The van der Waals surface area contributed by atoms with Crippen LogP contribution in [0.15, 0.2) is 35.3 Å². The molecule has 0 spiro atoms. The third-order valence-corrected chi connectivity index (χ3v) is 7.89. The van der Waals surface area contributed by atoms with Crippen LogP contribution < -0.4 is 10.1 Å². The predicted octanol–water partition coefficient (Wildman–Crippen LogP) is 1.87. The molecule has 0 amide bonds. The van der Waals surface area contributed by atoms with Crippen LogP contribution in [0.4, 0.5) is 0 Å². The standard InChI is InChI=1S/C20H32N4O3S2/c1-2-21-20(22-10-17-29(25,26)24-13-15-28-16-14-24)23-11-8-19(9-12-23)27-18-6-4-3-5-7-18/h3-7,19H,2,8-17H2,1H3,(H,21,22). The first kappa shape index (κ1) is 22.2. The van der Waals surface area contributed by atoms with Gasteiger partial charge in [-0.05, 0) is 19.1 Å². The Morgan fingerprint density at radius 1 is 1.17 bits per heavy atom. The van der Waals surface area contributed by atoms with Crippen molar-refractivity contribution in [3.8, 4) is 5.75 Å². The molecule has 9 heteroatoms. The number of piperidine rings is 1. The van der Waals surface area contributed by atoms with E-state index in [0.29, 0.717) is 13.1 Å². The molecule has 1 aromatic carbocycles. The van der Waals surface area contributed by atoms with Gasteiger partial charge in [-0.2, -0.15) is 11.8 Å². The van der Waals surface area contributed by atoms with E-state index in [-0.39, 0.29) is 18.4 Å². The molecule has 3 rings (SSSR count). The Labute approximate surface area is 178 Å². The summed E-state index contributed by atoms with van der Waals surface area (Å²) in [6.45, 7) is 6.00. The van der Waals surface area contributed by atoms with E-state index in [4.69, 9.17) is 4.74 Å². The summed E-state index contributed by atoms with van der Waals surface area (Å²) in [7, 11) is -3.22. The van der Waals surface area contributed by atoms with Crippen molar-refractivity contribution in [1.82, 2.24) is 14.5 Å². The van der Waals surface area contributed by atoms with Crippen LogP contribution in [-0.4, -0.2) is 86.2 Å². The molecule has 2 fully saturated rings. The highest BCUT2D eigenvalue weighted by atomic mass is 32.2. The smallest absolute Gasteiger partial charge is 0.215 e. The molecule has 7 nitrogen and oxygen atoms in total. The first-order chi connectivity index (χ1) is 14.1. The number of likely N-dealkylation sites (tertiary alicyclic amines) is 1. The quantitative estimate of drug-likeness (QED) is 0.515. The van der Waals surface area contributed by atoms with Crippen molar-refractivity contribution < 1.29 is 13.2 Å². The van der Waals surface area contributed by atoms with Gasteiger partial charge in [0.05, 0.1) is 12.3 Å². The highest BCUT2D eigenvalue weighted by molar-refractivity contribution is 7.99. The number of aliphatic imine (C=N–C) groups is 1. The number of guanidine groups is 1. The number of rotatable bonds is 7. The first-order valence-electron chi connectivity index (χ1n) is 10.4. The van der Waals surface area contributed by atoms with Gasteiger partial charge in [-0.3, -0.25) is 4.99 Å². The highest BCUT2D eigenvalue weighted by Crippen LogP contribution is 2.19. The van der Waals surface area contributed by atoms with E-state index < -0.39 is 10.0 Å². The number of para-hydroxylation sites is 1. The van der Waals surface area contributed by atoms with Crippen molar-refractivity contribution in [2.45, 2.75) is 25.9 Å². The van der Waals surface area contributed by atoms with Gasteiger partial charge in [0.15, 0.2) is 5.96 Å². The second-order valence-corrected chi connectivity index (χ2v) is 10.5. The molecule has 0 aliphatic carbocycles. The lowest BCUT2D eigenvalue weighted by Gasteiger charge is -2.34. The van der Waals surface area contributed by atoms with Gasteiger partial charge < -0.3 is 15.0 Å². The molecule has 2 heterocycles. The molecule has 1 N–H and O–H groups in total. The van der Waals surface area contributed by atoms with Crippen molar-refractivity contribution >= 4 is 27.7 Å². The number of benzene rings is 1. The number of hydrogen-bond acceptors (Lipinski definition) is 5.